The molecular weight excluding hydrogens is 516 g/mol. The smallest absolute Gasteiger partial charge is 0.241 e. The number of aromatic nitrogens is 2. The molecule has 38 heavy (non-hydrogen) atoms. The van der Waals surface area contributed by atoms with E-state index in [4.69, 9.17) is 14.7 Å². The number of fused-ring (bicyclic) bond motifs is 2. The van der Waals surface area contributed by atoms with Crippen molar-refractivity contribution in [1.82, 2.24) is 14.9 Å². The number of amides is 1. The standard InChI is InChI=1S/C28H36N6O2S2/c1-8-19(24(9-2)38-17(3)4)29-27-26-20(11-13-37-26)30-28(32-27)31-21-15-22-18(14-23(21)36-7)10-12-34(22)25(35)16-33(5)6/h8-9,11,13-15,17H,10,12,16H2,1-7H3,(H2,29,30,31,32)/b19-8+,24-9+. The predicted molar refractivity (Wildman–Crippen MR) is 162 cm³/mol. The largest absolute Gasteiger partial charge is 0.495 e. The fourth-order valence-corrected chi connectivity index (χ4v) is 6.08. The van der Waals surface area contributed by atoms with Crippen LogP contribution in [-0.2, 0) is 11.2 Å². The topological polar surface area (TPSA) is 82.6 Å². The molecule has 1 aromatic carbocycles. The molecule has 0 fully saturated rings. The first kappa shape index (κ1) is 27.9. The number of hydrogen-bond acceptors (Lipinski definition) is 9. The third-order valence-electron chi connectivity index (χ3n) is 6.03. The molecule has 8 nitrogen and oxygen atoms in total. The molecule has 4 rings (SSSR count). The Hall–Kier alpha value is -3.08. The minimum atomic E-state index is 0.0743. The summed E-state index contributed by atoms with van der Waals surface area (Å²) in [5, 5.41) is 9.40. The molecule has 0 saturated heterocycles. The Bertz CT molecular complexity index is 1380. The van der Waals surface area contributed by atoms with Gasteiger partial charge in [0.1, 0.15) is 5.75 Å². The van der Waals surface area contributed by atoms with E-state index in [1.165, 1.54) is 4.91 Å². The molecule has 0 bridgehead atoms. The van der Waals surface area contributed by atoms with Crippen LogP contribution >= 0.6 is 23.1 Å². The van der Waals surface area contributed by atoms with Gasteiger partial charge in [-0.25, -0.2) is 4.98 Å². The van der Waals surface area contributed by atoms with E-state index in [1.807, 2.05) is 66.2 Å². The first-order chi connectivity index (χ1) is 18.2. The summed E-state index contributed by atoms with van der Waals surface area (Å²) in [5.74, 6) is 1.96. The number of rotatable bonds is 10. The van der Waals surface area contributed by atoms with E-state index in [2.05, 4.69) is 43.6 Å². The van der Waals surface area contributed by atoms with Crippen molar-refractivity contribution < 1.29 is 9.53 Å². The maximum absolute atomic E-state index is 12.9. The van der Waals surface area contributed by atoms with Gasteiger partial charge in [0.25, 0.3) is 0 Å². The summed E-state index contributed by atoms with van der Waals surface area (Å²) in [4.78, 5) is 27.4. The maximum Gasteiger partial charge on any atom is 0.241 e. The number of benzene rings is 1. The minimum Gasteiger partial charge on any atom is -0.495 e. The fraction of sp³-hybridized carbons (Fsp3) is 0.393. The van der Waals surface area contributed by atoms with Crippen molar-refractivity contribution in [3.05, 3.63) is 51.9 Å². The molecule has 3 heterocycles. The second-order valence-electron chi connectivity index (χ2n) is 9.52. The summed E-state index contributed by atoms with van der Waals surface area (Å²) in [6.45, 7) is 9.47. The average molecular weight is 553 g/mol. The Morgan fingerprint density at radius 3 is 2.71 bits per heavy atom. The van der Waals surface area contributed by atoms with Crippen LogP contribution in [0.3, 0.4) is 0 Å². The Balaban J connectivity index is 1.68. The molecule has 202 valence electrons. The van der Waals surface area contributed by atoms with Gasteiger partial charge in [-0.1, -0.05) is 26.0 Å². The van der Waals surface area contributed by atoms with Gasteiger partial charge >= 0.3 is 0 Å². The number of allylic oxidation sites excluding steroid dienone is 2. The summed E-state index contributed by atoms with van der Waals surface area (Å²) in [7, 11) is 5.45. The number of nitrogens with one attached hydrogen (secondary N) is 2. The van der Waals surface area contributed by atoms with Crippen molar-refractivity contribution in [1.29, 1.82) is 0 Å². The van der Waals surface area contributed by atoms with E-state index in [1.54, 1.807) is 18.4 Å². The van der Waals surface area contributed by atoms with Gasteiger partial charge in [0.05, 0.1) is 29.6 Å². The van der Waals surface area contributed by atoms with Gasteiger partial charge in [-0.05, 0) is 63.5 Å². The number of ether oxygens (including phenoxy) is 1. The predicted octanol–water partition coefficient (Wildman–Crippen LogP) is 6.26. The van der Waals surface area contributed by atoms with Crippen LogP contribution in [-0.4, -0.2) is 60.3 Å². The van der Waals surface area contributed by atoms with Crippen LogP contribution in [0, 0.1) is 0 Å². The highest BCUT2D eigenvalue weighted by atomic mass is 32.2. The van der Waals surface area contributed by atoms with Crippen molar-refractivity contribution >= 4 is 62.4 Å². The van der Waals surface area contributed by atoms with Crippen LogP contribution in [0.15, 0.2) is 46.3 Å². The number of thiophene rings is 1. The van der Waals surface area contributed by atoms with Crippen molar-refractivity contribution in [2.75, 3.05) is 49.8 Å². The van der Waals surface area contributed by atoms with Crippen molar-refractivity contribution in [3.8, 4) is 5.75 Å². The van der Waals surface area contributed by atoms with Gasteiger partial charge < -0.3 is 25.2 Å². The van der Waals surface area contributed by atoms with Gasteiger partial charge in [-0.2, -0.15) is 4.98 Å². The highest BCUT2D eigenvalue weighted by Gasteiger charge is 2.27. The normalized spacial score (nSPS) is 14.0. The molecule has 1 aliphatic heterocycles. The first-order valence-electron chi connectivity index (χ1n) is 12.7. The summed E-state index contributed by atoms with van der Waals surface area (Å²) < 4.78 is 6.70. The Labute approximate surface area is 233 Å². The fourth-order valence-electron chi connectivity index (χ4n) is 4.37. The summed E-state index contributed by atoms with van der Waals surface area (Å²) >= 11 is 3.42. The van der Waals surface area contributed by atoms with E-state index in [9.17, 15) is 4.79 Å². The second kappa shape index (κ2) is 12.2. The Kier molecular flexibility index (Phi) is 8.96. The zero-order valence-corrected chi connectivity index (χ0v) is 24.7. The van der Waals surface area contributed by atoms with Gasteiger partial charge in [0.2, 0.25) is 11.9 Å². The van der Waals surface area contributed by atoms with Crippen molar-refractivity contribution in [2.45, 2.75) is 39.4 Å². The molecule has 2 N–H and O–H groups in total. The van der Waals surface area contributed by atoms with Crippen LogP contribution in [0.5, 0.6) is 5.75 Å². The van der Waals surface area contributed by atoms with E-state index in [0.717, 1.165) is 39.4 Å². The second-order valence-corrected chi connectivity index (χ2v) is 12.1. The molecule has 0 spiro atoms. The SMILES string of the molecule is C/C=C(Nc1nc(Nc2cc3c(cc2OC)CCN3C(=O)CN(C)C)nc2ccsc12)\C(=C/C)SC(C)C. The monoisotopic (exact) mass is 552 g/mol. The molecule has 10 heteroatoms. The first-order valence-corrected chi connectivity index (χ1v) is 14.4. The Morgan fingerprint density at radius 2 is 2.05 bits per heavy atom. The number of thioether (sulfide) groups is 1. The van der Waals surface area contributed by atoms with Crippen LogP contribution in [0.4, 0.5) is 23.1 Å². The molecule has 2 aromatic heterocycles. The molecular formula is C28H36N6O2S2. The van der Waals surface area contributed by atoms with E-state index < -0.39 is 0 Å². The van der Waals surface area contributed by atoms with Crippen molar-refractivity contribution in [3.63, 3.8) is 0 Å². The molecule has 0 unspecified atom stereocenters. The molecule has 0 radical (unpaired) electrons. The van der Waals surface area contributed by atoms with E-state index in [-0.39, 0.29) is 5.91 Å². The summed E-state index contributed by atoms with van der Waals surface area (Å²) in [5.41, 5.74) is 4.57. The van der Waals surface area contributed by atoms with E-state index in [0.29, 0.717) is 35.7 Å². The number of hydrogen-bond donors (Lipinski definition) is 2. The number of nitrogens with zero attached hydrogens (tertiary/aromatic N) is 4. The molecule has 3 aromatic rings. The van der Waals surface area contributed by atoms with Crippen LogP contribution in [0.1, 0.15) is 33.3 Å². The molecule has 0 saturated carbocycles. The van der Waals surface area contributed by atoms with Gasteiger partial charge in [-0.3, -0.25) is 4.79 Å². The third kappa shape index (κ3) is 6.14. The summed E-state index contributed by atoms with van der Waals surface area (Å²) in [6, 6.07) is 5.97. The van der Waals surface area contributed by atoms with Crippen LogP contribution in [0.2, 0.25) is 0 Å². The van der Waals surface area contributed by atoms with Gasteiger partial charge in [0.15, 0.2) is 5.82 Å². The molecule has 1 amide bonds. The zero-order chi connectivity index (χ0) is 27.4. The van der Waals surface area contributed by atoms with Crippen LogP contribution in [0.25, 0.3) is 10.2 Å². The van der Waals surface area contributed by atoms with Gasteiger partial charge in [0, 0.05) is 28.1 Å². The third-order valence-corrected chi connectivity index (χ3v) is 8.12. The minimum absolute atomic E-state index is 0.0743. The Morgan fingerprint density at radius 1 is 1.26 bits per heavy atom. The molecule has 0 atom stereocenters. The zero-order valence-electron chi connectivity index (χ0n) is 23.1. The number of carbonyl (C=O) groups is 1. The quantitative estimate of drug-likeness (QED) is 0.286. The van der Waals surface area contributed by atoms with Crippen molar-refractivity contribution in [2.24, 2.45) is 0 Å². The maximum atomic E-state index is 12.9. The molecule has 1 aliphatic rings. The number of carbonyl (C=O) groups excluding carboxylic acids is 1. The molecule has 0 aliphatic carbocycles. The van der Waals surface area contributed by atoms with E-state index >= 15 is 0 Å². The van der Waals surface area contributed by atoms with Gasteiger partial charge in [-0.15, -0.1) is 23.1 Å². The van der Waals surface area contributed by atoms with Crippen LogP contribution < -0.4 is 20.3 Å². The highest BCUT2D eigenvalue weighted by Crippen LogP contribution is 2.39. The lowest BCUT2D eigenvalue weighted by atomic mass is 10.1. The lowest BCUT2D eigenvalue weighted by molar-refractivity contribution is -0.119. The highest BCUT2D eigenvalue weighted by molar-refractivity contribution is 8.03. The number of methoxy groups -OCH3 is 1. The summed E-state index contributed by atoms with van der Waals surface area (Å²) in [6.07, 6.45) is 4.99. The number of anilines is 4. The average Bonchev–Trinajstić information content (AvgIpc) is 3.51. The lowest BCUT2D eigenvalue weighted by Gasteiger charge is -2.21. The lowest BCUT2D eigenvalue weighted by Crippen LogP contribution is -2.36. The number of likely N-dealkylation sites (N-methyl/N-ethyl adjacent to an activating group) is 1.